The van der Waals surface area contributed by atoms with Crippen molar-refractivity contribution in [2.75, 3.05) is 12.9 Å². The lowest BCUT2D eigenvalue weighted by atomic mass is 10.00. The van der Waals surface area contributed by atoms with Crippen molar-refractivity contribution in [3.63, 3.8) is 0 Å². The van der Waals surface area contributed by atoms with Crippen molar-refractivity contribution >= 4 is 46.3 Å². The second-order valence-electron chi connectivity index (χ2n) is 6.66. The van der Waals surface area contributed by atoms with E-state index < -0.39 is 11.9 Å². The summed E-state index contributed by atoms with van der Waals surface area (Å²) in [5, 5.41) is 9.96. The number of fused-ring (bicyclic) bond motifs is 1. The van der Waals surface area contributed by atoms with Gasteiger partial charge in [0.2, 0.25) is 0 Å². The monoisotopic (exact) mass is 417 g/mol. The van der Waals surface area contributed by atoms with Crippen LogP contribution in [0.15, 0.2) is 38.3 Å². The predicted octanol–water partition coefficient (Wildman–Crippen LogP) is 2.58. The first-order chi connectivity index (χ1) is 13.5. The van der Waals surface area contributed by atoms with Gasteiger partial charge in [0.1, 0.15) is 17.6 Å². The fraction of sp³-hybridized carbons (Fsp3) is 0.444. The van der Waals surface area contributed by atoms with Crippen molar-refractivity contribution in [2.45, 2.75) is 37.4 Å². The molecule has 8 nitrogen and oxygen atoms in total. The zero-order valence-corrected chi connectivity index (χ0v) is 17.2. The summed E-state index contributed by atoms with van der Waals surface area (Å²) in [4.78, 5) is 33.5. The summed E-state index contributed by atoms with van der Waals surface area (Å²) in [6.45, 7) is 6.20. The third-order valence-electron chi connectivity index (χ3n) is 4.67. The Balaban J connectivity index is 1.49. The van der Waals surface area contributed by atoms with Gasteiger partial charge in [0, 0.05) is 12.5 Å². The lowest BCUT2D eigenvalue weighted by Crippen LogP contribution is -2.25. The molecule has 2 aliphatic heterocycles. The van der Waals surface area contributed by atoms with Crippen LogP contribution in [0.4, 0.5) is 0 Å². The lowest BCUT2D eigenvalue weighted by Gasteiger charge is -2.14. The number of aliphatic imine (C=N–C) groups is 2. The molecule has 1 unspecified atom stereocenters. The molecule has 0 spiro atoms. The number of nitrogens with zero attached hydrogens (tertiary/aromatic N) is 5. The van der Waals surface area contributed by atoms with Gasteiger partial charge in [0.15, 0.2) is 5.16 Å². The van der Waals surface area contributed by atoms with E-state index in [1.54, 1.807) is 6.92 Å². The molecule has 1 atom stereocenters. The van der Waals surface area contributed by atoms with E-state index in [2.05, 4.69) is 31.3 Å². The van der Waals surface area contributed by atoms with E-state index in [1.165, 1.54) is 30.6 Å². The van der Waals surface area contributed by atoms with Crippen LogP contribution in [-0.4, -0.2) is 50.4 Å². The highest BCUT2D eigenvalue weighted by Crippen LogP contribution is 2.42. The Labute approximate surface area is 170 Å². The number of methoxy groups -OCH3 is 1. The number of amidine groups is 1. The lowest BCUT2D eigenvalue weighted by molar-refractivity contribution is -0.135. The van der Waals surface area contributed by atoms with Crippen molar-refractivity contribution in [1.82, 2.24) is 14.8 Å². The van der Waals surface area contributed by atoms with Crippen LogP contribution in [0.25, 0.3) is 0 Å². The fourth-order valence-corrected chi connectivity index (χ4v) is 5.13. The summed E-state index contributed by atoms with van der Waals surface area (Å²) < 4.78 is 6.85. The second-order valence-corrected chi connectivity index (χ2v) is 8.63. The molecule has 0 radical (unpaired) electrons. The summed E-state index contributed by atoms with van der Waals surface area (Å²) >= 11 is 2.63. The van der Waals surface area contributed by atoms with Gasteiger partial charge in [-0.25, -0.2) is 9.79 Å². The van der Waals surface area contributed by atoms with E-state index in [-0.39, 0.29) is 5.91 Å². The molecule has 1 aromatic heterocycles. The van der Waals surface area contributed by atoms with Gasteiger partial charge in [-0.3, -0.25) is 4.79 Å². The zero-order chi connectivity index (χ0) is 19.8. The topological polar surface area (TPSA) is 98.8 Å². The number of allylic oxidation sites excluding steroid dienone is 1. The van der Waals surface area contributed by atoms with Crippen LogP contribution in [0.1, 0.15) is 31.5 Å². The molecule has 3 aliphatic rings. The SMILES string of the molecule is C=CCn1c(SCC2=NC(=O)C3C(=N2)SC(C(=O)OC)=C3C)nnc1C1CC1. The minimum Gasteiger partial charge on any atom is -0.465 e. The Morgan fingerprint density at radius 3 is 2.86 bits per heavy atom. The van der Waals surface area contributed by atoms with Crippen molar-refractivity contribution in [2.24, 2.45) is 15.9 Å². The number of amides is 1. The number of esters is 1. The summed E-state index contributed by atoms with van der Waals surface area (Å²) in [7, 11) is 1.32. The first-order valence-electron chi connectivity index (χ1n) is 8.87. The highest BCUT2D eigenvalue weighted by molar-refractivity contribution is 8.18. The average Bonchev–Trinajstić information content (AvgIpc) is 3.36. The van der Waals surface area contributed by atoms with E-state index in [9.17, 15) is 9.59 Å². The molecule has 1 amide bonds. The van der Waals surface area contributed by atoms with E-state index in [0.717, 1.165) is 23.8 Å². The van der Waals surface area contributed by atoms with Gasteiger partial charge in [-0.15, -0.1) is 16.8 Å². The van der Waals surface area contributed by atoms with Crippen molar-refractivity contribution < 1.29 is 14.3 Å². The number of hydrogen-bond acceptors (Lipinski definition) is 8. The molecular weight excluding hydrogens is 398 g/mol. The van der Waals surface area contributed by atoms with Gasteiger partial charge >= 0.3 is 5.97 Å². The maximum atomic E-state index is 12.5. The molecule has 10 heteroatoms. The van der Waals surface area contributed by atoms with Gasteiger partial charge in [-0.2, -0.15) is 4.99 Å². The van der Waals surface area contributed by atoms with Crippen LogP contribution in [0.2, 0.25) is 0 Å². The Morgan fingerprint density at radius 1 is 1.39 bits per heavy atom. The molecule has 3 heterocycles. The van der Waals surface area contributed by atoms with Gasteiger partial charge in [-0.1, -0.05) is 29.6 Å². The molecular formula is C18H19N5O3S2. The van der Waals surface area contributed by atoms with Gasteiger partial charge in [0.05, 0.1) is 22.8 Å². The molecule has 0 aromatic carbocycles. The van der Waals surface area contributed by atoms with Crippen molar-refractivity contribution in [1.29, 1.82) is 0 Å². The molecule has 1 aromatic rings. The summed E-state index contributed by atoms with van der Waals surface area (Å²) in [6, 6.07) is 0. The fourth-order valence-electron chi connectivity index (χ4n) is 3.12. The predicted molar refractivity (Wildman–Crippen MR) is 109 cm³/mol. The number of carbonyl (C=O) groups excluding carboxylic acids is 2. The van der Waals surface area contributed by atoms with Crippen LogP contribution in [0.5, 0.6) is 0 Å². The third kappa shape index (κ3) is 3.46. The van der Waals surface area contributed by atoms with Crippen LogP contribution >= 0.6 is 23.5 Å². The molecule has 28 heavy (non-hydrogen) atoms. The van der Waals surface area contributed by atoms with Crippen LogP contribution in [0, 0.1) is 5.92 Å². The minimum absolute atomic E-state index is 0.296. The summed E-state index contributed by atoms with van der Waals surface area (Å²) in [6.07, 6.45) is 4.11. The highest BCUT2D eigenvalue weighted by atomic mass is 32.2. The van der Waals surface area contributed by atoms with Crippen molar-refractivity contribution in [3.8, 4) is 0 Å². The minimum atomic E-state index is -0.571. The number of rotatable bonds is 7. The summed E-state index contributed by atoms with van der Waals surface area (Å²) in [5.41, 5.74) is 0.649. The van der Waals surface area contributed by atoms with E-state index in [0.29, 0.717) is 39.6 Å². The average molecular weight is 418 g/mol. The number of aromatic nitrogens is 3. The second kappa shape index (κ2) is 7.67. The molecule has 0 bridgehead atoms. The van der Waals surface area contributed by atoms with E-state index in [4.69, 9.17) is 4.74 Å². The number of ether oxygens (including phenoxy) is 1. The van der Waals surface area contributed by atoms with E-state index >= 15 is 0 Å². The molecule has 146 valence electrons. The Bertz CT molecular complexity index is 958. The summed E-state index contributed by atoms with van der Waals surface area (Å²) in [5.74, 6) is 0.979. The zero-order valence-electron chi connectivity index (χ0n) is 15.5. The number of hydrogen-bond donors (Lipinski definition) is 0. The maximum Gasteiger partial charge on any atom is 0.344 e. The number of carbonyl (C=O) groups is 2. The first kappa shape index (κ1) is 19.1. The van der Waals surface area contributed by atoms with Gasteiger partial charge < -0.3 is 9.30 Å². The molecule has 1 aliphatic carbocycles. The maximum absolute atomic E-state index is 12.5. The first-order valence-corrected chi connectivity index (χ1v) is 10.7. The largest absolute Gasteiger partial charge is 0.465 e. The molecule has 0 N–H and O–H groups in total. The smallest absolute Gasteiger partial charge is 0.344 e. The third-order valence-corrected chi connectivity index (χ3v) is 6.86. The Hall–Kier alpha value is -2.20. The van der Waals surface area contributed by atoms with Gasteiger partial charge in [-0.05, 0) is 25.3 Å². The molecule has 1 saturated carbocycles. The number of thioether (sulfide) groups is 2. The van der Waals surface area contributed by atoms with Crippen LogP contribution in [-0.2, 0) is 20.9 Å². The Morgan fingerprint density at radius 2 is 2.18 bits per heavy atom. The highest BCUT2D eigenvalue weighted by Gasteiger charge is 2.40. The molecule has 1 fully saturated rings. The Kier molecular flexibility index (Phi) is 5.24. The molecule has 4 rings (SSSR count). The standard InChI is InChI=1S/C18H19N5O3S2/c1-4-7-23-14(10-5-6-10)21-22-18(23)27-8-11-19-15(24)12-9(2)13(17(25)26-3)28-16(12)20-11/h4,10,12H,1,5-8H2,2-3H3. The quantitative estimate of drug-likeness (QED) is 0.382. The molecule has 0 saturated heterocycles. The normalized spacial score (nSPS) is 21.4. The van der Waals surface area contributed by atoms with E-state index in [1.807, 2.05) is 6.08 Å². The van der Waals surface area contributed by atoms with Crippen LogP contribution < -0.4 is 0 Å². The van der Waals surface area contributed by atoms with Crippen molar-refractivity contribution in [3.05, 3.63) is 29.0 Å². The van der Waals surface area contributed by atoms with Crippen LogP contribution in [0.3, 0.4) is 0 Å². The van der Waals surface area contributed by atoms with Gasteiger partial charge in [0.25, 0.3) is 5.91 Å².